The Morgan fingerprint density at radius 3 is 2.64 bits per heavy atom. The molecule has 0 N–H and O–H groups in total. The van der Waals surface area contributed by atoms with E-state index in [9.17, 15) is 4.79 Å². The standard InChI is InChI=1S/C16H20N4O2/c1-22-5-4-16(21)20-10-13-8-19(9-14(13)11-20)15-3-2-12(6-17)7-18-15/h2-3,7,13-14H,4-5,8-11H2,1H3. The van der Waals surface area contributed by atoms with E-state index in [0.29, 0.717) is 30.4 Å². The third-order valence-corrected chi connectivity index (χ3v) is 4.56. The molecule has 22 heavy (non-hydrogen) atoms. The summed E-state index contributed by atoms with van der Waals surface area (Å²) in [5, 5.41) is 8.82. The normalized spacial score (nSPS) is 23.5. The summed E-state index contributed by atoms with van der Waals surface area (Å²) in [5.41, 5.74) is 0.582. The third kappa shape index (κ3) is 2.90. The number of likely N-dealkylation sites (tertiary alicyclic amines) is 1. The molecule has 2 unspecified atom stereocenters. The van der Waals surface area contributed by atoms with Crippen molar-refractivity contribution in [1.82, 2.24) is 9.88 Å². The van der Waals surface area contributed by atoms with Crippen LogP contribution in [0, 0.1) is 23.2 Å². The van der Waals surface area contributed by atoms with Gasteiger partial charge in [-0.2, -0.15) is 5.26 Å². The Morgan fingerprint density at radius 1 is 1.36 bits per heavy atom. The molecule has 3 heterocycles. The van der Waals surface area contributed by atoms with Crippen molar-refractivity contribution in [2.24, 2.45) is 11.8 Å². The Balaban J connectivity index is 1.57. The van der Waals surface area contributed by atoms with Gasteiger partial charge in [-0.05, 0) is 12.1 Å². The van der Waals surface area contributed by atoms with E-state index >= 15 is 0 Å². The maximum absolute atomic E-state index is 12.0. The minimum atomic E-state index is 0.194. The number of pyridine rings is 1. The van der Waals surface area contributed by atoms with E-state index in [2.05, 4.69) is 16.0 Å². The summed E-state index contributed by atoms with van der Waals surface area (Å²) in [7, 11) is 1.62. The number of fused-ring (bicyclic) bond motifs is 1. The zero-order valence-corrected chi connectivity index (χ0v) is 12.7. The summed E-state index contributed by atoms with van der Waals surface area (Å²) in [6.07, 6.45) is 2.08. The number of rotatable bonds is 4. The highest BCUT2D eigenvalue weighted by Gasteiger charge is 2.41. The van der Waals surface area contributed by atoms with Crippen molar-refractivity contribution in [2.75, 3.05) is 44.8 Å². The van der Waals surface area contributed by atoms with Crippen LogP contribution in [-0.2, 0) is 9.53 Å². The Hall–Kier alpha value is -2.13. The van der Waals surface area contributed by atoms with Gasteiger partial charge in [-0.1, -0.05) is 0 Å². The number of nitriles is 1. The smallest absolute Gasteiger partial charge is 0.224 e. The van der Waals surface area contributed by atoms with E-state index in [4.69, 9.17) is 10.00 Å². The number of nitrogens with zero attached hydrogens (tertiary/aromatic N) is 4. The molecule has 2 fully saturated rings. The third-order valence-electron chi connectivity index (χ3n) is 4.56. The van der Waals surface area contributed by atoms with Gasteiger partial charge in [0.05, 0.1) is 18.6 Å². The van der Waals surface area contributed by atoms with Crippen LogP contribution in [0.15, 0.2) is 18.3 Å². The van der Waals surface area contributed by atoms with Crippen molar-refractivity contribution in [3.63, 3.8) is 0 Å². The molecule has 2 atom stereocenters. The van der Waals surface area contributed by atoms with Crippen LogP contribution in [0.5, 0.6) is 0 Å². The second-order valence-corrected chi connectivity index (χ2v) is 5.98. The van der Waals surface area contributed by atoms with Crippen LogP contribution in [0.1, 0.15) is 12.0 Å². The number of hydrogen-bond donors (Lipinski definition) is 0. The number of anilines is 1. The lowest BCUT2D eigenvalue weighted by Gasteiger charge is -2.22. The van der Waals surface area contributed by atoms with Gasteiger partial charge in [0, 0.05) is 51.3 Å². The molecule has 6 nitrogen and oxygen atoms in total. The molecule has 3 rings (SSSR count). The first kappa shape index (κ1) is 14.8. The second kappa shape index (κ2) is 6.32. The predicted octanol–water partition coefficient (Wildman–Crippen LogP) is 0.884. The van der Waals surface area contributed by atoms with E-state index in [0.717, 1.165) is 32.0 Å². The minimum Gasteiger partial charge on any atom is -0.384 e. The van der Waals surface area contributed by atoms with E-state index in [1.807, 2.05) is 11.0 Å². The highest BCUT2D eigenvalue weighted by atomic mass is 16.5. The topological polar surface area (TPSA) is 69.5 Å². The van der Waals surface area contributed by atoms with Crippen LogP contribution >= 0.6 is 0 Å². The van der Waals surface area contributed by atoms with Gasteiger partial charge in [-0.25, -0.2) is 4.98 Å². The van der Waals surface area contributed by atoms with Crippen LogP contribution in [0.2, 0.25) is 0 Å². The first-order valence-electron chi connectivity index (χ1n) is 7.59. The molecule has 2 saturated heterocycles. The molecule has 1 amide bonds. The van der Waals surface area contributed by atoms with Gasteiger partial charge in [0.25, 0.3) is 0 Å². The molecule has 0 aliphatic carbocycles. The van der Waals surface area contributed by atoms with Crippen LogP contribution in [0.4, 0.5) is 5.82 Å². The molecule has 6 heteroatoms. The van der Waals surface area contributed by atoms with Gasteiger partial charge in [-0.3, -0.25) is 4.79 Å². The van der Waals surface area contributed by atoms with Gasteiger partial charge in [-0.15, -0.1) is 0 Å². The van der Waals surface area contributed by atoms with Crippen LogP contribution in [0.3, 0.4) is 0 Å². The van der Waals surface area contributed by atoms with Crippen molar-refractivity contribution < 1.29 is 9.53 Å². The summed E-state index contributed by atoms with van der Waals surface area (Å²) >= 11 is 0. The van der Waals surface area contributed by atoms with E-state index in [1.54, 1.807) is 19.4 Å². The molecule has 0 radical (unpaired) electrons. The summed E-state index contributed by atoms with van der Waals surface area (Å²) in [6.45, 7) is 4.02. The molecule has 2 aliphatic rings. The van der Waals surface area contributed by atoms with Crippen molar-refractivity contribution in [2.45, 2.75) is 6.42 Å². The first-order chi connectivity index (χ1) is 10.7. The second-order valence-electron chi connectivity index (χ2n) is 5.98. The molecule has 1 aromatic rings. The number of ether oxygens (including phenoxy) is 1. The van der Waals surface area contributed by atoms with Gasteiger partial charge in [0.1, 0.15) is 11.9 Å². The maximum Gasteiger partial charge on any atom is 0.224 e. The Morgan fingerprint density at radius 2 is 2.09 bits per heavy atom. The van der Waals surface area contributed by atoms with Crippen molar-refractivity contribution >= 4 is 11.7 Å². The largest absolute Gasteiger partial charge is 0.384 e. The highest BCUT2D eigenvalue weighted by Crippen LogP contribution is 2.33. The van der Waals surface area contributed by atoms with Crippen molar-refractivity contribution in [1.29, 1.82) is 5.26 Å². The minimum absolute atomic E-state index is 0.194. The molecular weight excluding hydrogens is 280 g/mol. The fraction of sp³-hybridized carbons (Fsp3) is 0.562. The molecule has 0 bridgehead atoms. The lowest BCUT2D eigenvalue weighted by Crippen LogP contribution is -2.33. The van der Waals surface area contributed by atoms with Crippen LogP contribution in [-0.4, -0.2) is 55.7 Å². The van der Waals surface area contributed by atoms with Gasteiger partial charge >= 0.3 is 0 Å². The summed E-state index contributed by atoms with van der Waals surface area (Å²) in [5.74, 6) is 2.15. The quantitative estimate of drug-likeness (QED) is 0.826. The zero-order chi connectivity index (χ0) is 15.5. The monoisotopic (exact) mass is 300 g/mol. The molecule has 0 aromatic carbocycles. The fourth-order valence-electron chi connectivity index (χ4n) is 3.37. The molecule has 1 aromatic heterocycles. The summed E-state index contributed by atoms with van der Waals surface area (Å²) < 4.78 is 4.97. The number of amides is 1. The number of carbonyl (C=O) groups excluding carboxylic acids is 1. The van der Waals surface area contributed by atoms with Crippen molar-refractivity contribution in [3.05, 3.63) is 23.9 Å². The van der Waals surface area contributed by atoms with Gasteiger partial charge in [0.2, 0.25) is 5.91 Å². The number of aromatic nitrogens is 1. The average molecular weight is 300 g/mol. The Labute approximate surface area is 130 Å². The average Bonchev–Trinajstić information content (AvgIpc) is 3.11. The zero-order valence-electron chi connectivity index (χ0n) is 12.7. The highest BCUT2D eigenvalue weighted by molar-refractivity contribution is 5.76. The van der Waals surface area contributed by atoms with E-state index < -0.39 is 0 Å². The Kier molecular flexibility index (Phi) is 4.25. The molecule has 0 spiro atoms. The lowest BCUT2D eigenvalue weighted by atomic mass is 10.0. The predicted molar refractivity (Wildman–Crippen MR) is 81.2 cm³/mol. The van der Waals surface area contributed by atoms with Crippen LogP contribution < -0.4 is 4.90 Å². The van der Waals surface area contributed by atoms with E-state index in [1.165, 1.54) is 0 Å². The summed E-state index contributed by atoms with van der Waals surface area (Å²) in [4.78, 5) is 20.6. The number of hydrogen-bond acceptors (Lipinski definition) is 5. The molecule has 2 aliphatic heterocycles. The number of carbonyl (C=O) groups is 1. The van der Waals surface area contributed by atoms with Crippen molar-refractivity contribution in [3.8, 4) is 6.07 Å². The molecular formula is C16H20N4O2. The number of methoxy groups -OCH3 is 1. The molecule has 0 saturated carbocycles. The SMILES string of the molecule is COCCC(=O)N1CC2CN(c3ccc(C#N)cn3)CC2C1. The van der Waals surface area contributed by atoms with Gasteiger partial charge in [0.15, 0.2) is 0 Å². The first-order valence-corrected chi connectivity index (χ1v) is 7.59. The Bertz CT molecular complexity index is 567. The lowest BCUT2D eigenvalue weighted by molar-refractivity contribution is -0.131. The van der Waals surface area contributed by atoms with Crippen LogP contribution in [0.25, 0.3) is 0 Å². The maximum atomic E-state index is 12.0. The van der Waals surface area contributed by atoms with Gasteiger partial charge < -0.3 is 14.5 Å². The fourth-order valence-corrected chi connectivity index (χ4v) is 3.37. The van der Waals surface area contributed by atoms with E-state index in [-0.39, 0.29) is 5.91 Å². The molecule has 116 valence electrons. The summed E-state index contributed by atoms with van der Waals surface area (Å²) in [6, 6.07) is 5.79.